The van der Waals surface area contributed by atoms with Crippen molar-refractivity contribution in [2.24, 2.45) is 0 Å². The normalized spacial score (nSPS) is 11.6. The van der Waals surface area contributed by atoms with Crippen molar-refractivity contribution in [1.29, 1.82) is 0 Å². The fourth-order valence-corrected chi connectivity index (χ4v) is 3.95. The number of rotatable bonds is 4. The van der Waals surface area contributed by atoms with E-state index in [-0.39, 0.29) is 5.91 Å². The minimum absolute atomic E-state index is 0.0115. The molecule has 0 radical (unpaired) electrons. The second kappa shape index (κ2) is 11.7. The SMILES string of the molecule is C=CC=O.CC.CNc1sc2c(c1C(=O)O)CCN(C(=O)c1ccccc1)C2. The molecule has 2 heterocycles. The molecule has 28 heavy (non-hydrogen) atoms. The number of hydrogen-bond donors (Lipinski definition) is 2. The first-order chi connectivity index (χ1) is 13.5. The van der Waals surface area contributed by atoms with E-state index in [1.54, 1.807) is 24.1 Å². The van der Waals surface area contributed by atoms with E-state index in [4.69, 9.17) is 4.79 Å². The summed E-state index contributed by atoms with van der Waals surface area (Å²) in [6.45, 7) is 8.12. The van der Waals surface area contributed by atoms with E-state index >= 15 is 0 Å². The molecule has 1 aromatic heterocycles. The van der Waals surface area contributed by atoms with E-state index in [0.29, 0.717) is 41.9 Å². The number of carbonyl (C=O) groups is 3. The van der Waals surface area contributed by atoms with Crippen LogP contribution in [0.15, 0.2) is 43.0 Å². The molecule has 1 aromatic carbocycles. The van der Waals surface area contributed by atoms with Crippen LogP contribution in [0.2, 0.25) is 0 Å². The Hall–Kier alpha value is -2.93. The number of nitrogens with zero attached hydrogens (tertiary/aromatic N) is 1. The van der Waals surface area contributed by atoms with Gasteiger partial charge in [0, 0.05) is 24.0 Å². The highest BCUT2D eigenvalue weighted by Gasteiger charge is 2.29. The number of allylic oxidation sites excluding steroid dienone is 1. The quantitative estimate of drug-likeness (QED) is 0.594. The van der Waals surface area contributed by atoms with Gasteiger partial charge in [0.05, 0.1) is 12.1 Å². The van der Waals surface area contributed by atoms with Crippen LogP contribution < -0.4 is 5.32 Å². The summed E-state index contributed by atoms with van der Waals surface area (Å²) < 4.78 is 0. The third-order valence-electron chi connectivity index (χ3n) is 3.90. The molecule has 0 bridgehead atoms. The van der Waals surface area contributed by atoms with Gasteiger partial charge in [-0.2, -0.15) is 0 Å². The molecule has 3 rings (SSSR count). The number of hydrogen-bond acceptors (Lipinski definition) is 5. The van der Waals surface area contributed by atoms with Gasteiger partial charge in [-0.05, 0) is 30.2 Å². The number of carbonyl (C=O) groups excluding carboxylic acids is 2. The Balaban J connectivity index is 0.000000583. The van der Waals surface area contributed by atoms with Crippen molar-refractivity contribution < 1.29 is 19.5 Å². The molecule has 0 saturated heterocycles. The van der Waals surface area contributed by atoms with E-state index in [1.807, 2.05) is 32.0 Å². The van der Waals surface area contributed by atoms with E-state index < -0.39 is 5.97 Å². The lowest BCUT2D eigenvalue weighted by molar-refractivity contribution is -0.104. The highest BCUT2D eigenvalue weighted by Crippen LogP contribution is 2.37. The number of carboxylic acid groups (broad SMARTS) is 1. The molecule has 0 unspecified atom stereocenters. The molecular formula is C21H26N2O4S. The molecular weight excluding hydrogens is 376 g/mol. The number of aldehydes is 1. The number of amides is 1. The summed E-state index contributed by atoms with van der Waals surface area (Å²) in [5, 5.41) is 13.0. The maximum Gasteiger partial charge on any atom is 0.338 e. The maximum absolute atomic E-state index is 12.5. The van der Waals surface area contributed by atoms with Gasteiger partial charge >= 0.3 is 5.97 Å². The summed E-state index contributed by atoms with van der Waals surface area (Å²) in [6, 6.07) is 9.16. The summed E-state index contributed by atoms with van der Waals surface area (Å²) in [6.07, 6.45) is 2.41. The minimum atomic E-state index is -0.912. The molecule has 1 aliphatic rings. The van der Waals surface area contributed by atoms with E-state index in [9.17, 15) is 14.7 Å². The Bertz CT molecular complexity index is 809. The van der Waals surface area contributed by atoms with Gasteiger partial charge in [0.1, 0.15) is 11.3 Å². The zero-order valence-electron chi connectivity index (χ0n) is 16.4. The minimum Gasteiger partial charge on any atom is -0.478 e. The van der Waals surface area contributed by atoms with Gasteiger partial charge in [0.2, 0.25) is 0 Å². The summed E-state index contributed by atoms with van der Waals surface area (Å²) in [4.78, 5) is 35.7. The predicted molar refractivity (Wildman–Crippen MR) is 113 cm³/mol. The number of benzene rings is 1. The lowest BCUT2D eigenvalue weighted by Gasteiger charge is -2.27. The number of nitrogens with one attached hydrogen (secondary N) is 1. The van der Waals surface area contributed by atoms with Crippen LogP contribution in [0.1, 0.15) is 45.0 Å². The average molecular weight is 403 g/mol. The van der Waals surface area contributed by atoms with Gasteiger partial charge in [0.25, 0.3) is 5.91 Å². The lowest BCUT2D eigenvalue weighted by Crippen LogP contribution is -2.35. The van der Waals surface area contributed by atoms with E-state index in [0.717, 1.165) is 10.4 Å². The fraction of sp³-hybridized carbons (Fsp3) is 0.286. The largest absolute Gasteiger partial charge is 0.478 e. The third-order valence-corrected chi connectivity index (χ3v) is 5.14. The molecule has 150 valence electrons. The van der Waals surface area contributed by atoms with Crippen molar-refractivity contribution in [1.82, 2.24) is 4.90 Å². The van der Waals surface area contributed by atoms with Crippen LogP contribution in [-0.4, -0.2) is 41.8 Å². The third kappa shape index (κ3) is 5.53. The van der Waals surface area contributed by atoms with Gasteiger partial charge < -0.3 is 15.3 Å². The molecule has 2 N–H and O–H groups in total. The summed E-state index contributed by atoms with van der Waals surface area (Å²) in [7, 11) is 1.72. The Morgan fingerprint density at radius 3 is 2.36 bits per heavy atom. The molecule has 0 aliphatic carbocycles. The van der Waals surface area contributed by atoms with Crippen molar-refractivity contribution in [2.45, 2.75) is 26.8 Å². The number of thiophene rings is 1. The second-order valence-electron chi connectivity index (χ2n) is 5.48. The van der Waals surface area contributed by atoms with Crippen LogP contribution in [-0.2, 0) is 17.8 Å². The number of carboxylic acids is 1. The molecule has 1 aliphatic heterocycles. The van der Waals surface area contributed by atoms with Crippen molar-refractivity contribution in [3.05, 3.63) is 64.6 Å². The molecule has 0 fully saturated rings. The summed E-state index contributed by atoms with van der Waals surface area (Å²) >= 11 is 1.42. The van der Waals surface area contributed by atoms with Gasteiger partial charge in [-0.3, -0.25) is 9.59 Å². The molecule has 6 nitrogen and oxygen atoms in total. The summed E-state index contributed by atoms with van der Waals surface area (Å²) in [5.74, 6) is -0.924. The Labute approximate surface area is 169 Å². The maximum atomic E-state index is 12.5. The van der Waals surface area contributed by atoms with Crippen LogP contribution in [0, 0.1) is 0 Å². The predicted octanol–water partition coefficient (Wildman–Crippen LogP) is 4.08. The average Bonchev–Trinajstić information content (AvgIpc) is 3.13. The Morgan fingerprint density at radius 2 is 1.86 bits per heavy atom. The van der Waals surface area contributed by atoms with Crippen LogP contribution in [0.3, 0.4) is 0 Å². The first-order valence-electron chi connectivity index (χ1n) is 8.99. The lowest BCUT2D eigenvalue weighted by atomic mass is 10.0. The number of fused-ring (bicyclic) bond motifs is 1. The number of anilines is 1. The Morgan fingerprint density at radius 1 is 1.25 bits per heavy atom. The molecule has 2 aromatic rings. The highest BCUT2D eigenvalue weighted by molar-refractivity contribution is 7.16. The first kappa shape index (κ1) is 23.1. The van der Waals surface area contributed by atoms with Gasteiger partial charge in [-0.1, -0.05) is 38.6 Å². The number of aromatic carboxylic acids is 1. The van der Waals surface area contributed by atoms with Crippen molar-refractivity contribution in [3.63, 3.8) is 0 Å². The summed E-state index contributed by atoms with van der Waals surface area (Å²) in [5.41, 5.74) is 1.88. The van der Waals surface area contributed by atoms with Gasteiger partial charge in [-0.15, -0.1) is 11.3 Å². The Kier molecular flexibility index (Phi) is 9.67. The molecule has 7 heteroatoms. The zero-order valence-corrected chi connectivity index (χ0v) is 17.2. The molecule has 0 saturated carbocycles. The monoisotopic (exact) mass is 402 g/mol. The molecule has 1 amide bonds. The van der Waals surface area contributed by atoms with Crippen LogP contribution in [0.4, 0.5) is 5.00 Å². The molecule has 0 spiro atoms. The van der Waals surface area contributed by atoms with Crippen LogP contribution in [0.5, 0.6) is 0 Å². The van der Waals surface area contributed by atoms with Crippen molar-refractivity contribution in [2.75, 3.05) is 18.9 Å². The van der Waals surface area contributed by atoms with Gasteiger partial charge in [0.15, 0.2) is 0 Å². The van der Waals surface area contributed by atoms with E-state index in [2.05, 4.69) is 11.9 Å². The topological polar surface area (TPSA) is 86.7 Å². The highest BCUT2D eigenvalue weighted by atomic mass is 32.1. The van der Waals surface area contributed by atoms with Gasteiger partial charge in [-0.25, -0.2) is 4.79 Å². The van der Waals surface area contributed by atoms with Crippen molar-refractivity contribution in [3.8, 4) is 0 Å². The van der Waals surface area contributed by atoms with E-state index in [1.165, 1.54) is 17.4 Å². The zero-order chi connectivity index (χ0) is 21.1. The fourth-order valence-electron chi connectivity index (χ4n) is 2.74. The van der Waals surface area contributed by atoms with Crippen LogP contribution in [0.25, 0.3) is 0 Å². The van der Waals surface area contributed by atoms with Crippen molar-refractivity contribution >= 4 is 34.5 Å². The second-order valence-corrected chi connectivity index (χ2v) is 6.58. The molecule has 0 atom stereocenters. The van der Waals surface area contributed by atoms with Crippen LogP contribution >= 0.6 is 11.3 Å². The smallest absolute Gasteiger partial charge is 0.338 e. The standard InChI is InChI=1S/C16H16N2O3S.C3H4O.C2H6/c1-17-14-13(16(20)21)11-7-8-18(9-12(11)22-14)15(19)10-5-3-2-4-6-10;1-2-3-4;1-2/h2-6,17H,7-9H2,1H3,(H,20,21);2-3H,1H2;1-2H3. The first-order valence-corrected chi connectivity index (χ1v) is 9.81.